The van der Waals surface area contributed by atoms with Crippen molar-refractivity contribution in [1.29, 1.82) is 0 Å². The zero-order valence-electron chi connectivity index (χ0n) is 14.1. The number of halogens is 3. The summed E-state index contributed by atoms with van der Waals surface area (Å²) in [6, 6.07) is 6.60. The van der Waals surface area contributed by atoms with Crippen LogP contribution in [0, 0.1) is 27.2 Å². The third-order valence-corrected chi connectivity index (χ3v) is 6.35. The predicted molar refractivity (Wildman–Crippen MR) is 98.1 cm³/mol. The maximum Gasteiger partial charge on any atom is 0.367 e. The number of fused-ring (bicyclic) bond motifs is 2. The summed E-state index contributed by atoms with van der Waals surface area (Å²) in [6.45, 7) is -1.89. The molecule has 1 aromatic rings. The van der Waals surface area contributed by atoms with E-state index >= 15 is 0 Å². The molecule has 2 aliphatic carbocycles. The number of esters is 2. The Hall–Kier alpha value is -1.60. The maximum absolute atomic E-state index is 13.3. The monoisotopic (exact) mass is 527 g/mol. The van der Waals surface area contributed by atoms with Crippen LogP contribution >= 0.6 is 22.6 Å². The van der Waals surface area contributed by atoms with Crippen molar-refractivity contribution in [1.82, 2.24) is 0 Å². The van der Waals surface area contributed by atoms with Gasteiger partial charge in [0.25, 0.3) is 0 Å². The Morgan fingerprint density at radius 1 is 1.11 bits per heavy atom. The lowest BCUT2D eigenvalue weighted by Gasteiger charge is -2.26. The van der Waals surface area contributed by atoms with Crippen LogP contribution in [0.25, 0.3) is 0 Å². The molecule has 1 fully saturated rings. The van der Waals surface area contributed by atoms with E-state index in [0.29, 0.717) is 6.42 Å². The first-order valence-electron chi connectivity index (χ1n) is 8.15. The molecule has 11 heteroatoms. The molecule has 28 heavy (non-hydrogen) atoms. The molecule has 3 rings (SSSR count). The molecule has 0 amide bonds. The van der Waals surface area contributed by atoms with Crippen LogP contribution in [-0.4, -0.2) is 36.8 Å². The molecule has 4 unspecified atom stereocenters. The Morgan fingerprint density at radius 2 is 1.64 bits per heavy atom. The molecule has 0 N–H and O–H groups in total. The van der Waals surface area contributed by atoms with Gasteiger partial charge in [0.1, 0.15) is 5.75 Å². The van der Waals surface area contributed by atoms with Crippen molar-refractivity contribution >= 4 is 44.6 Å². The number of carbonyl (C=O) groups excluding carboxylic acids is 2. The number of allylic oxidation sites excluding steroid dienone is 2. The Balaban J connectivity index is 1.72. The van der Waals surface area contributed by atoms with Crippen LogP contribution in [0.3, 0.4) is 0 Å². The van der Waals surface area contributed by atoms with Crippen LogP contribution in [0.5, 0.6) is 5.75 Å². The Kier molecular flexibility index (Phi) is 5.79. The fourth-order valence-corrected chi connectivity index (χ4v) is 4.04. The Bertz CT molecular complexity index is 914. The quantitative estimate of drug-likeness (QED) is 0.184. The van der Waals surface area contributed by atoms with Crippen LogP contribution in [0.1, 0.15) is 6.42 Å². The molecule has 7 nitrogen and oxygen atoms in total. The van der Waals surface area contributed by atoms with Gasteiger partial charge in [0.15, 0.2) is 16.7 Å². The van der Waals surface area contributed by atoms with Crippen molar-refractivity contribution in [2.75, 3.05) is 6.61 Å². The number of rotatable bonds is 6. The van der Waals surface area contributed by atoms with Gasteiger partial charge >= 0.3 is 17.2 Å². The summed E-state index contributed by atoms with van der Waals surface area (Å²) < 4.78 is 68.7. The second kappa shape index (κ2) is 7.67. The lowest BCUT2D eigenvalue weighted by atomic mass is 9.83. The molecular weight excluding hydrogens is 513 g/mol. The summed E-state index contributed by atoms with van der Waals surface area (Å²) in [5.41, 5.74) is 0. The fourth-order valence-electron chi connectivity index (χ4n) is 3.48. The van der Waals surface area contributed by atoms with Crippen molar-refractivity contribution in [2.24, 2.45) is 23.7 Å². The number of carbonyl (C=O) groups is 2. The molecule has 0 spiro atoms. The number of hydrogen-bond acceptors (Lipinski definition) is 7. The molecule has 0 radical (unpaired) electrons. The van der Waals surface area contributed by atoms with Crippen LogP contribution in [0.15, 0.2) is 36.4 Å². The average Bonchev–Trinajstić information content (AvgIpc) is 3.22. The van der Waals surface area contributed by atoms with Crippen LogP contribution in [0.4, 0.5) is 8.78 Å². The summed E-state index contributed by atoms with van der Waals surface area (Å²) >= 11 is 2.08. The normalized spacial score (nSPS) is 26.3. The highest BCUT2D eigenvalue weighted by Gasteiger charge is 2.54. The second-order valence-electron chi connectivity index (χ2n) is 6.57. The number of ether oxygens (including phenoxy) is 2. The van der Waals surface area contributed by atoms with E-state index in [0.717, 1.165) is 3.57 Å². The molecule has 0 aromatic heterocycles. The molecule has 4 atom stereocenters. The SMILES string of the molecule is O=C(OCC(F)(F)S(=O)(=O)[O-])C1C2C=CC(C2)C1C(=O)Oc1ccc(I)cc1. The summed E-state index contributed by atoms with van der Waals surface area (Å²) in [6.07, 6.45) is 3.89. The summed E-state index contributed by atoms with van der Waals surface area (Å²) in [4.78, 5) is 24.9. The standard InChI is InChI=1S/C17H15F2IO7S/c18-17(19,28(23,24)25)8-26-15(21)13-9-1-2-10(7-9)14(13)16(22)27-12-5-3-11(20)4-6-12/h1-6,9-10,13-14H,7-8H2,(H,23,24,25)/p-1. The van der Waals surface area contributed by atoms with Gasteiger partial charge in [-0.2, -0.15) is 8.78 Å². The van der Waals surface area contributed by atoms with Gasteiger partial charge in [-0.15, -0.1) is 0 Å². The first kappa shape index (κ1) is 21.1. The number of alkyl halides is 2. The third kappa shape index (κ3) is 4.20. The van der Waals surface area contributed by atoms with E-state index in [1.807, 2.05) is 0 Å². The highest BCUT2D eigenvalue weighted by molar-refractivity contribution is 14.1. The third-order valence-electron chi connectivity index (χ3n) is 4.78. The summed E-state index contributed by atoms with van der Waals surface area (Å²) in [5, 5.41) is -4.74. The molecule has 2 aliphatic rings. The van der Waals surface area contributed by atoms with Gasteiger partial charge in [-0.05, 0) is 65.1 Å². The van der Waals surface area contributed by atoms with Crippen LogP contribution < -0.4 is 4.74 Å². The van der Waals surface area contributed by atoms with E-state index in [4.69, 9.17) is 4.74 Å². The van der Waals surface area contributed by atoms with E-state index in [1.54, 1.807) is 36.4 Å². The lowest BCUT2D eigenvalue weighted by Crippen LogP contribution is -2.40. The largest absolute Gasteiger partial charge is 0.743 e. The minimum Gasteiger partial charge on any atom is -0.743 e. The highest BCUT2D eigenvalue weighted by Crippen LogP contribution is 2.49. The van der Waals surface area contributed by atoms with Crippen molar-refractivity contribution < 1.29 is 40.8 Å². The first-order chi connectivity index (χ1) is 13.0. The average molecular weight is 527 g/mol. The zero-order valence-corrected chi connectivity index (χ0v) is 17.1. The first-order valence-corrected chi connectivity index (χ1v) is 10.6. The van der Waals surface area contributed by atoms with Crippen LogP contribution in [0.2, 0.25) is 0 Å². The molecule has 1 saturated carbocycles. The van der Waals surface area contributed by atoms with E-state index in [9.17, 15) is 31.3 Å². The van der Waals surface area contributed by atoms with E-state index in [2.05, 4.69) is 27.3 Å². The van der Waals surface area contributed by atoms with Gasteiger partial charge in [0.2, 0.25) is 0 Å². The molecule has 0 heterocycles. The van der Waals surface area contributed by atoms with E-state index < -0.39 is 51.7 Å². The van der Waals surface area contributed by atoms with Crippen molar-refractivity contribution in [2.45, 2.75) is 11.7 Å². The highest BCUT2D eigenvalue weighted by atomic mass is 127. The van der Waals surface area contributed by atoms with E-state index in [1.165, 1.54) is 0 Å². The van der Waals surface area contributed by atoms with Crippen molar-refractivity contribution in [3.63, 3.8) is 0 Å². The summed E-state index contributed by atoms with van der Waals surface area (Å²) in [5.74, 6) is -4.36. The van der Waals surface area contributed by atoms with Gasteiger partial charge in [0, 0.05) is 3.57 Å². The van der Waals surface area contributed by atoms with Crippen molar-refractivity contribution in [3.8, 4) is 5.75 Å². The second-order valence-corrected chi connectivity index (χ2v) is 9.33. The molecule has 1 aromatic carbocycles. The fraction of sp³-hybridized carbons (Fsp3) is 0.412. The number of hydrogen-bond donors (Lipinski definition) is 0. The van der Waals surface area contributed by atoms with Crippen LogP contribution in [-0.2, 0) is 24.4 Å². The molecule has 0 saturated heterocycles. The van der Waals surface area contributed by atoms with Gasteiger partial charge in [-0.25, -0.2) is 8.42 Å². The van der Waals surface area contributed by atoms with Gasteiger partial charge in [0.05, 0.1) is 11.8 Å². The Morgan fingerprint density at radius 3 is 2.18 bits per heavy atom. The number of benzene rings is 1. The van der Waals surface area contributed by atoms with Gasteiger partial charge < -0.3 is 14.0 Å². The maximum atomic E-state index is 13.3. The molecule has 0 aliphatic heterocycles. The molecule has 2 bridgehead atoms. The van der Waals surface area contributed by atoms with Gasteiger partial charge in [-0.3, -0.25) is 9.59 Å². The zero-order chi connectivity index (χ0) is 20.7. The minimum atomic E-state index is -5.97. The molecular formula is C17H14F2IO7S-. The predicted octanol–water partition coefficient (Wildman–Crippen LogP) is 2.32. The van der Waals surface area contributed by atoms with E-state index in [-0.39, 0.29) is 11.7 Å². The Labute approximate surface area is 173 Å². The van der Waals surface area contributed by atoms with Gasteiger partial charge in [-0.1, -0.05) is 12.2 Å². The molecule has 152 valence electrons. The summed E-state index contributed by atoms with van der Waals surface area (Å²) in [7, 11) is -5.97. The lowest BCUT2D eigenvalue weighted by molar-refractivity contribution is -0.161. The topological polar surface area (TPSA) is 110 Å². The smallest absolute Gasteiger partial charge is 0.367 e. The van der Waals surface area contributed by atoms with Crippen molar-refractivity contribution in [3.05, 3.63) is 40.0 Å². The minimum absolute atomic E-state index is 0.272.